The standard InChI is InChI=1S/C43H69O9P/c1-3-5-7-8-9-10-11-12-13-14-15-16-17-18-19-22-25-28-32-36-42(45)50-38-41(39-51-53(47,48)49)52-43(46)37-33-29-26-23-20-21-24-27-31-35-40(44)34-30-6-4-2/h5-7,9-10,12-13,15-16,18-19,24,27,30-31,35,40-41,44H,3-4,8,11,14,17,20-23,25-26,28-29,32-34,36-39H2,1-2H3,(H2,47,48,49)/b7-5-,10-9-,13-12-,16-15-,19-18-,27-24+,30-6+,35-31+/t40?,41-/m1/s1. The molecule has 0 aromatic rings. The molecule has 3 N–H and O–H groups in total. The van der Waals surface area contributed by atoms with Crippen LogP contribution in [0.4, 0.5) is 0 Å². The van der Waals surface area contributed by atoms with Gasteiger partial charge in [0.05, 0.1) is 12.7 Å². The SMILES string of the molecule is CC/C=C\C/C=C\C/C=C\C/C=C\C/C=C\CCCCCC(=O)OC[C@H](COP(=O)(O)O)OC(=O)CCCCCCC/C=C/C=C/C(O)C/C=C/CC. The van der Waals surface area contributed by atoms with Crippen molar-refractivity contribution < 1.29 is 43.0 Å². The largest absolute Gasteiger partial charge is 0.469 e. The van der Waals surface area contributed by atoms with E-state index < -0.39 is 38.6 Å². The molecule has 0 amide bonds. The van der Waals surface area contributed by atoms with Crippen molar-refractivity contribution in [3.63, 3.8) is 0 Å². The van der Waals surface area contributed by atoms with Crippen LogP contribution in [-0.2, 0) is 28.2 Å². The summed E-state index contributed by atoms with van der Waals surface area (Å²) in [5, 5.41) is 9.84. The van der Waals surface area contributed by atoms with Gasteiger partial charge in [-0.2, -0.15) is 0 Å². The van der Waals surface area contributed by atoms with Crippen LogP contribution >= 0.6 is 7.82 Å². The van der Waals surface area contributed by atoms with Gasteiger partial charge >= 0.3 is 19.8 Å². The Hall–Kier alpha value is -3.07. The number of esters is 2. The Morgan fingerprint density at radius 2 is 1.08 bits per heavy atom. The normalized spacial score (nSPS) is 14.1. The molecule has 1 unspecified atom stereocenters. The zero-order valence-corrected chi connectivity index (χ0v) is 33.4. The van der Waals surface area contributed by atoms with Gasteiger partial charge in [-0.3, -0.25) is 14.1 Å². The highest BCUT2D eigenvalue weighted by Crippen LogP contribution is 2.36. The van der Waals surface area contributed by atoms with Crippen molar-refractivity contribution in [1.29, 1.82) is 0 Å². The molecule has 0 fully saturated rings. The van der Waals surface area contributed by atoms with E-state index in [-0.39, 0.29) is 19.4 Å². The summed E-state index contributed by atoms with van der Waals surface area (Å²) in [5.74, 6) is -0.988. The molecule has 0 saturated carbocycles. The number of hydrogen-bond acceptors (Lipinski definition) is 7. The van der Waals surface area contributed by atoms with Gasteiger partial charge in [-0.05, 0) is 83.5 Å². The van der Waals surface area contributed by atoms with Crippen molar-refractivity contribution >= 4 is 19.8 Å². The van der Waals surface area contributed by atoms with E-state index in [0.29, 0.717) is 19.3 Å². The molecule has 0 aliphatic heterocycles. The van der Waals surface area contributed by atoms with E-state index in [4.69, 9.17) is 19.3 Å². The van der Waals surface area contributed by atoms with Crippen molar-refractivity contribution in [3.8, 4) is 0 Å². The quantitative estimate of drug-likeness (QED) is 0.0192. The number of phosphoric acid groups is 1. The molecule has 0 aromatic carbocycles. The zero-order valence-electron chi connectivity index (χ0n) is 32.5. The van der Waals surface area contributed by atoms with Crippen molar-refractivity contribution in [2.24, 2.45) is 0 Å². The van der Waals surface area contributed by atoms with Gasteiger partial charge < -0.3 is 24.4 Å². The molecule has 0 aliphatic carbocycles. The monoisotopic (exact) mass is 760 g/mol. The molecule has 0 aliphatic rings. The highest BCUT2D eigenvalue weighted by molar-refractivity contribution is 7.46. The first-order valence-corrected chi connectivity index (χ1v) is 21.2. The van der Waals surface area contributed by atoms with Crippen LogP contribution in [-0.4, -0.2) is 52.3 Å². The highest BCUT2D eigenvalue weighted by Gasteiger charge is 2.22. The maximum atomic E-state index is 12.4. The molecule has 300 valence electrons. The Morgan fingerprint density at radius 1 is 0.585 bits per heavy atom. The van der Waals surface area contributed by atoms with Crippen LogP contribution in [0.5, 0.6) is 0 Å². The van der Waals surface area contributed by atoms with E-state index in [9.17, 15) is 19.3 Å². The summed E-state index contributed by atoms with van der Waals surface area (Å²) in [6.07, 6.45) is 47.4. The fraction of sp³-hybridized carbons (Fsp3) is 0.581. The number of carbonyl (C=O) groups is 2. The molecule has 0 heterocycles. The number of aliphatic hydroxyl groups excluding tert-OH is 1. The summed E-state index contributed by atoms with van der Waals surface area (Å²) in [7, 11) is -4.79. The van der Waals surface area contributed by atoms with E-state index in [1.807, 2.05) is 24.3 Å². The van der Waals surface area contributed by atoms with Crippen LogP contribution in [0, 0.1) is 0 Å². The lowest BCUT2D eigenvalue weighted by atomic mass is 10.1. The fourth-order valence-electron chi connectivity index (χ4n) is 4.79. The van der Waals surface area contributed by atoms with Gasteiger partial charge in [-0.1, -0.05) is 137 Å². The van der Waals surface area contributed by atoms with Gasteiger partial charge in [0.2, 0.25) is 0 Å². The number of aliphatic hydroxyl groups is 1. The second-order valence-corrected chi connectivity index (χ2v) is 13.9. The molecule has 0 rings (SSSR count). The number of ether oxygens (including phenoxy) is 2. The van der Waals surface area contributed by atoms with Gasteiger partial charge in [0.1, 0.15) is 6.61 Å². The number of carbonyl (C=O) groups excluding carboxylic acids is 2. The molecule has 2 atom stereocenters. The van der Waals surface area contributed by atoms with Gasteiger partial charge in [0.15, 0.2) is 6.10 Å². The average molecular weight is 761 g/mol. The zero-order chi connectivity index (χ0) is 39.1. The molecule has 10 heteroatoms. The van der Waals surface area contributed by atoms with E-state index in [1.165, 1.54) is 0 Å². The number of phosphoric ester groups is 1. The first-order valence-electron chi connectivity index (χ1n) is 19.6. The molecule has 53 heavy (non-hydrogen) atoms. The Labute approximate surface area is 320 Å². The lowest BCUT2D eigenvalue weighted by molar-refractivity contribution is -0.161. The second-order valence-electron chi connectivity index (χ2n) is 12.7. The third-order valence-electron chi connectivity index (χ3n) is 7.68. The van der Waals surface area contributed by atoms with Gasteiger partial charge in [0, 0.05) is 12.8 Å². The first-order chi connectivity index (χ1) is 25.7. The van der Waals surface area contributed by atoms with Crippen LogP contribution in [0.2, 0.25) is 0 Å². The van der Waals surface area contributed by atoms with Crippen LogP contribution in [0.1, 0.15) is 136 Å². The maximum Gasteiger partial charge on any atom is 0.469 e. The predicted octanol–water partition coefficient (Wildman–Crippen LogP) is 10.8. The molecule has 9 nitrogen and oxygen atoms in total. The molecule has 0 saturated heterocycles. The van der Waals surface area contributed by atoms with Gasteiger partial charge in [-0.25, -0.2) is 4.57 Å². The Balaban J connectivity index is 4.11. The number of allylic oxidation sites excluding steroid dienone is 14. The third kappa shape index (κ3) is 40.0. The minimum atomic E-state index is -4.79. The number of rotatable bonds is 34. The predicted molar refractivity (Wildman–Crippen MR) is 217 cm³/mol. The minimum absolute atomic E-state index is 0.152. The van der Waals surface area contributed by atoms with Gasteiger partial charge in [-0.15, -0.1) is 0 Å². The summed E-state index contributed by atoms with van der Waals surface area (Å²) < 4.78 is 26.3. The molecular weight excluding hydrogens is 691 g/mol. The second kappa shape index (κ2) is 37.3. The average Bonchev–Trinajstić information content (AvgIpc) is 3.12. The molecule has 0 bridgehead atoms. The summed E-state index contributed by atoms with van der Waals surface area (Å²) in [5.41, 5.74) is 0. The fourth-order valence-corrected chi connectivity index (χ4v) is 5.15. The molecule has 0 aromatic heterocycles. The van der Waals surface area contributed by atoms with Crippen molar-refractivity contribution in [2.45, 2.75) is 148 Å². The van der Waals surface area contributed by atoms with Gasteiger partial charge in [0.25, 0.3) is 0 Å². The molecular formula is C43H69O9P. The Kier molecular flexibility index (Phi) is 35.1. The van der Waals surface area contributed by atoms with Crippen LogP contribution in [0.3, 0.4) is 0 Å². The third-order valence-corrected chi connectivity index (χ3v) is 8.16. The maximum absolute atomic E-state index is 12.4. The molecule has 0 radical (unpaired) electrons. The topological polar surface area (TPSA) is 140 Å². The van der Waals surface area contributed by atoms with Crippen LogP contribution in [0.25, 0.3) is 0 Å². The first kappa shape index (κ1) is 49.9. The summed E-state index contributed by atoms with van der Waals surface area (Å²) >= 11 is 0. The number of hydrogen-bond donors (Lipinski definition) is 3. The lowest BCUT2D eigenvalue weighted by Crippen LogP contribution is -2.29. The smallest absolute Gasteiger partial charge is 0.462 e. The van der Waals surface area contributed by atoms with Crippen LogP contribution < -0.4 is 0 Å². The highest BCUT2D eigenvalue weighted by atomic mass is 31.2. The van der Waals surface area contributed by atoms with E-state index in [2.05, 4.69) is 85.2 Å². The van der Waals surface area contributed by atoms with E-state index in [0.717, 1.165) is 89.9 Å². The Morgan fingerprint density at radius 3 is 1.68 bits per heavy atom. The van der Waals surface area contributed by atoms with Crippen molar-refractivity contribution in [1.82, 2.24) is 0 Å². The summed E-state index contributed by atoms with van der Waals surface area (Å²) in [6, 6.07) is 0. The van der Waals surface area contributed by atoms with Crippen LogP contribution in [0.15, 0.2) is 97.2 Å². The Bertz CT molecular complexity index is 1190. The van der Waals surface area contributed by atoms with Crippen molar-refractivity contribution in [3.05, 3.63) is 97.2 Å². The molecule has 0 spiro atoms. The number of unbranched alkanes of at least 4 members (excludes halogenated alkanes) is 8. The van der Waals surface area contributed by atoms with E-state index in [1.54, 1.807) is 6.08 Å². The summed E-state index contributed by atoms with van der Waals surface area (Å²) in [6.45, 7) is 3.29. The summed E-state index contributed by atoms with van der Waals surface area (Å²) in [4.78, 5) is 42.8. The lowest BCUT2D eigenvalue weighted by Gasteiger charge is -2.18. The van der Waals surface area contributed by atoms with Crippen molar-refractivity contribution in [2.75, 3.05) is 13.2 Å². The van der Waals surface area contributed by atoms with E-state index >= 15 is 0 Å². The minimum Gasteiger partial charge on any atom is -0.462 e.